The Kier molecular flexibility index (Phi) is 4.52. The minimum Gasteiger partial charge on any atom is -0.399 e. The van der Waals surface area contributed by atoms with Crippen LogP contribution in [0.4, 0.5) is 10.5 Å². The minimum absolute atomic E-state index is 0.177. The molecular weight excluding hydrogens is 278 g/mol. The predicted octanol–water partition coefficient (Wildman–Crippen LogP) is 2.21. The molecular formula is C17H25N3O2. The summed E-state index contributed by atoms with van der Waals surface area (Å²) in [6.07, 6.45) is 2.06. The van der Waals surface area contributed by atoms with E-state index in [9.17, 15) is 4.79 Å². The monoisotopic (exact) mass is 303 g/mol. The lowest BCUT2D eigenvalue weighted by Crippen LogP contribution is -2.50. The number of morpholine rings is 1. The number of likely N-dealkylation sites (tertiary alicyclic amines) is 1. The van der Waals surface area contributed by atoms with Gasteiger partial charge in [-0.2, -0.15) is 0 Å². The number of carbonyl (C=O) groups excluding carboxylic acids is 1. The number of piperidine rings is 1. The summed E-state index contributed by atoms with van der Waals surface area (Å²) < 4.78 is 5.31. The van der Waals surface area contributed by atoms with Crippen molar-refractivity contribution in [3.05, 3.63) is 29.3 Å². The molecule has 2 heterocycles. The summed E-state index contributed by atoms with van der Waals surface area (Å²) in [5, 5.41) is 0. The molecule has 120 valence electrons. The number of ether oxygens (including phenoxy) is 1. The number of nitrogens with zero attached hydrogens (tertiary/aromatic N) is 2. The number of hydrogen-bond acceptors (Lipinski definition) is 3. The zero-order chi connectivity index (χ0) is 15.5. The number of benzene rings is 1. The molecule has 5 heteroatoms. The lowest BCUT2D eigenvalue weighted by molar-refractivity contribution is 0.0411. The molecule has 0 spiro atoms. The highest BCUT2D eigenvalue weighted by Crippen LogP contribution is 2.31. The third kappa shape index (κ3) is 3.19. The molecule has 0 atom stereocenters. The van der Waals surface area contributed by atoms with Crippen LogP contribution in [0.25, 0.3) is 0 Å². The van der Waals surface area contributed by atoms with Crippen molar-refractivity contribution < 1.29 is 9.53 Å². The lowest BCUT2D eigenvalue weighted by Gasteiger charge is -2.37. The predicted molar refractivity (Wildman–Crippen MR) is 86.9 cm³/mol. The van der Waals surface area contributed by atoms with Crippen LogP contribution in [-0.2, 0) is 4.74 Å². The molecule has 5 nitrogen and oxygen atoms in total. The second-order valence-corrected chi connectivity index (χ2v) is 6.26. The van der Waals surface area contributed by atoms with Crippen molar-refractivity contribution in [3.63, 3.8) is 0 Å². The van der Waals surface area contributed by atoms with Crippen LogP contribution in [0.15, 0.2) is 18.2 Å². The zero-order valence-corrected chi connectivity index (χ0v) is 13.3. The molecule has 2 saturated heterocycles. The highest BCUT2D eigenvalue weighted by Gasteiger charge is 2.28. The molecule has 0 unspecified atom stereocenters. The van der Waals surface area contributed by atoms with E-state index in [1.165, 1.54) is 11.1 Å². The quantitative estimate of drug-likeness (QED) is 0.809. The second-order valence-electron chi connectivity index (χ2n) is 6.26. The van der Waals surface area contributed by atoms with Gasteiger partial charge in [-0.05, 0) is 48.9 Å². The van der Waals surface area contributed by atoms with Crippen LogP contribution in [0.5, 0.6) is 0 Å². The SMILES string of the molecule is Cc1cc(N)ccc1C1CCN(C(=O)N2CCOCC2)CC1. The summed E-state index contributed by atoms with van der Waals surface area (Å²) in [5.74, 6) is 0.536. The first-order valence-electron chi connectivity index (χ1n) is 8.13. The fourth-order valence-corrected chi connectivity index (χ4v) is 3.49. The normalized spacial score (nSPS) is 20.2. The average molecular weight is 303 g/mol. The third-order valence-corrected chi connectivity index (χ3v) is 4.78. The highest BCUT2D eigenvalue weighted by molar-refractivity contribution is 5.74. The molecule has 22 heavy (non-hydrogen) atoms. The number of urea groups is 1. The molecule has 2 aliphatic rings. The highest BCUT2D eigenvalue weighted by atomic mass is 16.5. The molecule has 2 aliphatic heterocycles. The van der Waals surface area contributed by atoms with Crippen molar-refractivity contribution >= 4 is 11.7 Å². The van der Waals surface area contributed by atoms with Crippen LogP contribution < -0.4 is 5.73 Å². The van der Waals surface area contributed by atoms with Crippen LogP contribution in [-0.4, -0.2) is 55.2 Å². The summed E-state index contributed by atoms with van der Waals surface area (Å²) >= 11 is 0. The van der Waals surface area contributed by atoms with Gasteiger partial charge < -0.3 is 20.3 Å². The number of nitrogens with two attached hydrogens (primary N) is 1. The van der Waals surface area contributed by atoms with E-state index in [0.717, 1.165) is 44.7 Å². The molecule has 0 radical (unpaired) electrons. The van der Waals surface area contributed by atoms with Gasteiger partial charge in [0.05, 0.1) is 13.2 Å². The van der Waals surface area contributed by atoms with Crippen LogP contribution >= 0.6 is 0 Å². The second kappa shape index (κ2) is 6.57. The number of nitrogen functional groups attached to an aromatic ring is 1. The Morgan fingerprint density at radius 1 is 1.14 bits per heavy atom. The van der Waals surface area contributed by atoms with Crippen molar-refractivity contribution in [3.8, 4) is 0 Å². The van der Waals surface area contributed by atoms with Crippen molar-refractivity contribution in [1.29, 1.82) is 0 Å². The number of rotatable bonds is 1. The smallest absolute Gasteiger partial charge is 0.320 e. The molecule has 2 N–H and O–H groups in total. The molecule has 2 fully saturated rings. The van der Waals surface area contributed by atoms with E-state index in [2.05, 4.69) is 13.0 Å². The lowest BCUT2D eigenvalue weighted by atomic mass is 9.87. The van der Waals surface area contributed by atoms with Gasteiger partial charge in [-0.3, -0.25) is 0 Å². The van der Waals surface area contributed by atoms with E-state index < -0.39 is 0 Å². The zero-order valence-electron chi connectivity index (χ0n) is 13.3. The van der Waals surface area contributed by atoms with Gasteiger partial charge in [0.15, 0.2) is 0 Å². The maximum Gasteiger partial charge on any atom is 0.320 e. The van der Waals surface area contributed by atoms with Gasteiger partial charge in [-0.1, -0.05) is 6.07 Å². The Bertz CT molecular complexity index is 533. The van der Waals surface area contributed by atoms with Gasteiger partial charge >= 0.3 is 6.03 Å². The molecule has 1 aromatic rings. The largest absolute Gasteiger partial charge is 0.399 e. The topological polar surface area (TPSA) is 58.8 Å². The van der Waals surface area contributed by atoms with Crippen molar-refractivity contribution in [1.82, 2.24) is 9.80 Å². The van der Waals surface area contributed by atoms with E-state index in [-0.39, 0.29) is 6.03 Å². The standard InChI is InChI=1S/C17H25N3O2/c1-13-12-15(18)2-3-16(13)14-4-6-19(7-5-14)17(21)20-8-10-22-11-9-20/h2-3,12,14H,4-11,18H2,1H3. The Morgan fingerprint density at radius 2 is 1.77 bits per heavy atom. The van der Waals surface area contributed by atoms with Crippen LogP contribution in [0.2, 0.25) is 0 Å². The Labute approximate surface area is 132 Å². The Morgan fingerprint density at radius 3 is 2.41 bits per heavy atom. The van der Waals surface area contributed by atoms with Crippen molar-refractivity contribution in [2.24, 2.45) is 0 Å². The molecule has 0 bridgehead atoms. The van der Waals surface area contributed by atoms with E-state index in [1.807, 2.05) is 21.9 Å². The van der Waals surface area contributed by atoms with Crippen LogP contribution in [0.3, 0.4) is 0 Å². The number of hydrogen-bond donors (Lipinski definition) is 1. The van der Waals surface area contributed by atoms with E-state index in [0.29, 0.717) is 19.1 Å². The summed E-state index contributed by atoms with van der Waals surface area (Å²) in [6, 6.07) is 6.35. The number of aryl methyl sites for hydroxylation is 1. The maximum absolute atomic E-state index is 12.5. The fourth-order valence-electron chi connectivity index (χ4n) is 3.49. The molecule has 0 aromatic heterocycles. The van der Waals surface area contributed by atoms with Gasteiger partial charge in [0, 0.05) is 31.9 Å². The first kappa shape index (κ1) is 15.2. The van der Waals surface area contributed by atoms with Crippen LogP contribution in [0.1, 0.15) is 29.9 Å². The van der Waals surface area contributed by atoms with Gasteiger partial charge in [0.1, 0.15) is 0 Å². The molecule has 3 rings (SSSR count). The Balaban J connectivity index is 1.59. The van der Waals surface area contributed by atoms with E-state index in [1.54, 1.807) is 0 Å². The molecule has 2 amide bonds. The van der Waals surface area contributed by atoms with Gasteiger partial charge in [0.25, 0.3) is 0 Å². The molecule has 0 saturated carbocycles. The average Bonchev–Trinajstić information content (AvgIpc) is 2.55. The summed E-state index contributed by atoms with van der Waals surface area (Å²) in [5.41, 5.74) is 9.30. The van der Waals surface area contributed by atoms with E-state index in [4.69, 9.17) is 10.5 Å². The minimum atomic E-state index is 0.177. The summed E-state index contributed by atoms with van der Waals surface area (Å²) in [6.45, 7) is 6.55. The Hall–Kier alpha value is -1.75. The van der Waals surface area contributed by atoms with Crippen molar-refractivity contribution in [2.75, 3.05) is 45.1 Å². The first-order chi connectivity index (χ1) is 10.6. The molecule has 0 aliphatic carbocycles. The number of carbonyl (C=O) groups is 1. The van der Waals surface area contributed by atoms with E-state index >= 15 is 0 Å². The van der Waals surface area contributed by atoms with Crippen LogP contribution in [0, 0.1) is 6.92 Å². The molecule has 1 aromatic carbocycles. The van der Waals surface area contributed by atoms with Gasteiger partial charge in [-0.15, -0.1) is 0 Å². The third-order valence-electron chi connectivity index (χ3n) is 4.78. The first-order valence-corrected chi connectivity index (χ1v) is 8.13. The van der Waals surface area contributed by atoms with Gasteiger partial charge in [-0.25, -0.2) is 4.79 Å². The fraction of sp³-hybridized carbons (Fsp3) is 0.588. The summed E-state index contributed by atoms with van der Waals surface area (Å²) in [7, 11) is 0. The number of anilines is 1. The van der Waals surface area contributed by atoms with Gasteiger partial charge in [0.2, 0.25) is 0 Å². The number of amides is 2. The summed E-state index contributed by atoms with van der Waals surface area (Å²) in [4.78, 5) is 16.4. The van der Waals surface area contributed by atoms with Crippen molar-refractivity contribution in [2.45, 2.75) is 25.7 Å². The maximum atomic E-state index is 12.5.